The molecule has 3 rings (SSSR count). The Hall–Kier alpha value is -1.10. The van der Waals surface area contributed by atoms with Crippen LogP contribution in [0.1, 0.15) is 25.7 Å². The van der Waals surface area contributed by atoms with Gasteiger partial charge in [0.1, 0.15) is 0 Å². The number of hydrogen-bond donors (Lipinski definition) is 1. The fraction of sp³-hybridized carbons (Fsp3) is 0.833. The van der Waals surface area contributed by atoms with Crippen molar-refractivity contribution in [2.45, 2.75) is 43.8 Å². The van der Waals surface area contributed by atoms with Crippen molar-refractivity contribution in [1.82, 2.24) is 15.1 Å². The molecule has 0 aliphatic carbocycles. The Kier molecular flexibility index (Phi) is 2.58. The monoisotopic (exact) mass is 237 g/mol. The lowest BCUT2D eigenvalue weighted by molar-refractivity contribution is -0.144. The van der Waals surface area contributed by atoms with Crippen molar-refractivity contribution in [1.29, 1.82) is 0 Å². The number of hydrogen-bond acceptors (Lipinski definition) is 3. The number of carbonyl (C=O) groups is 2. The number of carbonyl (C=O) groups excluding carboxylic acids is 2. The summed E-state index contributed by atoms with van der Waals surface area (Å²) in [4.78, 5) is 27.5. The van der Waals surface area contributed by atoms with Gasteiger partial charge in [-0.2, -0.15) is 0 Å². The summed E-state index contributed by atoms with van der Waals surface area (Å²) >= 11 is 0. The van der Waals surface area contributed by atoms with Crippen molar-refractivity contribution in [2.75, 3.05) is 20.1 Å². The molecule has 0 spiro atoms. The number of piperazine rings is 1. The van der Waals surface area contributed by atoms with Gasteiger partial charge in [0.25, 0.3) is 0 Å². The SMILES string of the molecule is CN1[C@@H]2CC[C@H]1C[C@@H](N1CC(=O)NCC1=O)C2. The maximum absolute atomic E-state index is 11.9. The Balaban J connectivity index is 1.72. The van der Waals surface area contributed by atoms with Crippen LogP contribution in [-0.2, 0) is 9.59 Å². The van der Waals surface area contributed by atoms with Crippen molar-refractivity contribution >= 4 is 11.8 Å². The van der Waals surface area contributed by atoms with Gasteiger partial charge >= 0.3 is 0 Å². The average Bonchev–Trinajstić information content (AvgIpc) is 2.55. The zero-order valence-corrected chi connectivity index (χ0v) is 10.2. The van der Waals surface area contributed by atoms with E-state index in [0.717, 1.165) is 12.8 Å². The third-order valence-electron chi connectivity index (χ3n) is 4.59. The molecule has 3 fully saturated rings. The van der Waals surface area contributed by atoms with Crippen LogP contribution in [0, 0.1) is 0 Å². The first-order chi connectivity index (χ1) is 8.15. The molecule has 3 saturated heterocycles. The van der Waals surface area contributed by atoms with Gasteiger partial charge in [-0.1, -0.05) is 0 Å². The molecule has 5 heteroatoms. The summed E-state index contributed by atoms with van der Waals surface area (Å²) in [6.45, 7) is 0.438. The van der Waals surface area contributed by atoms with Gasteiger partial charge in [0.05, 0.1) is 13.1 Å². The number of nitrogens with zero attached hydrogens (tertiary/aromatic N) is 2. The molecule has 5 nitrogen and oxygen atoms in total. The Morgan fingerprint density at radius 1 is 1.12 bits per heavy atom. The van der Waals surface area contributed by atoms with Gasteiger partial charge in [0, 0.05) is 18.1 Å². The maximum Gasteiger partial charge on any atom is 0.242 e. The molecule has 1 N–H and O–H groups in total. The molecule has 0 aromatic rings. The standard InChI is InChI=1S/C12H19N3O2/c1-14-8-2-3-9(14)5-10(4-8)15-7-11(16)13-6-12(15)17/h8-10H,2-7H2,1H3,(H,13,16)/t8-,9+,10+. The molecule has 17 heavy (non-hydrogen) atoms. The summed E-state index contributed by atoms with van der Waals surface area (Å²) in [6.07, 6.45) is 4.55. The maximum atomic E-state index is 11.9. The predicted molar refractivity (Wildman–Crippen MR) is 62.3 cm³/mol. The fourth-order valence-corrected chi connectivity index (χ4v) is 3.54. The highest BCUT2D eigenvalue weighted by molar-refractivity contribution is 5.92. The van der Waals surface area contributed by atoms with E-state index in [1.165, 1.54) is 12.8 Å². The minimum atomic E-state index is -0.0177. The fourth-order valence-electron chi connectivity index (χ4n) is 3.54. The summed E-state index contributed by atoms with van der Waals surface area (Å²) in [6, 6.07) is 1.50. The Labute approximate surface area is 101 Å². The highest BCUT2D eigenvalue weighted by Crippen LogP contribution is 2.36. The van der Waals surface area contributed by atoms with E-state index in [-0.39, 0.29) is 30.9 Å². The van der Waals surface area contributed by atoms with E-state index in [4.69, 9.17) is 0 Å². The molecule has 3 aliphatic heterocycles. The van der Waals surface area contributed by atoms with E-state index in [0.29, 0.717) is 12.1 Å². The summed E-state index contributed by atoms with van der Waals surface area (Å²) in [7, 11) is 2.18. The van der Waals surface area contributed by atoms with Gasteiger partial charge in [-0.25, -0.2) is 0 Å². The first kappa shape index (κ1) is 11.0. The van der Waals surface area contributed by atoms with E-state index >= 15 is 0 Å². The molecule has 94 valence electrons. The minimum Gasteiger partial charge on any atom is -0.345 e. The van der Waals surface area contributed by atoms with Crippen LogP contribution in [0.25, 0.3) is 0 Å². The van der Waals surface area contributed by atoms with Crippen molar-refractivity contribution in [2.24, 2.45) is 0 Å². The van der Waals surface area contributed by atoms with Gasteiger partial charge in [0.2, 0.25) is 11.8 Å². The minimum absolute atomic E-state index is 0.0177. The first-order valence-electron chi connectivity index (χ1n) is 6.43. The Morgan fingerprint density at radius 2 is 1.76 bits per heavy atom. The normalized spacial score (nSPS) is 38.4. The molecule has 3 heterocycles. The Bertz CT molecular complexity index is 344. The molecular weight excluding hydrogens is 218 g/mol. The molecule has 0 aromatic heterocycles. The summed E-state index contributed by atoms with van der Waals surface area (Å²) < 4.78 is 0. The van der Waals surface area contributed by atoms with Gasteiger partial charge in [-0.05, 0) is 32.7 Å². The lowest BCUT2D eigenvalue weighted by Gasteiger charge is -2.42. The quantitative estimate of drug-likeness (QED) is 0.673. The molecule has 3 aliphatic rings. The van der Waals surface area contributed by atoms with E-state index in [2.05, 4.69) is 17.3 Å². The lowest BCUT2D eigenvalue weighted by atomic mass is 9.96. The van der Waals surface area contributed by atoms with Gasteiger partial charge < -0.3 is 15.1 Å². The highest BCUT2D eigenvalue weighted by Gasteiger charge is 2.42. The molecule has 3 atom stereocenters. The smallest absolute Gasteiger partial charge is 0.242 e. The number of amides is 2. The lowest BCUT2D eigenvalue weighted by Crippen LogP contribution is -2.58. The highest BCUT2D eigenvalue weighted by atomic mass is 16.2. The molecule has 0 saturated carbocycles. The largest absolute Gasteiger partial charge is 0.345 e. The summed E-state index contributed by atoms with van der Waals surface area (Å²) in [5, 5.41) is 2.61. The molecule has 0 radical (unpaired) electrons. The topological polar surface area (TPSA) is 52.6 Å². The van der Waals surface area contributed by atoms with Crippen LogP contribution in [-0.4, -0.2) is 59.9 Å². The number of rotatable bonds is 1. The zero-order chi connectivity index (χ0) is 12.0. The van der Waals surface area contributed by atoms with Crippen molar-refractivity contribution in [3.05, 3.63) is 0 Å². The van der Waals surface area contributed by atoms with Crippen LogP contribution in [0.4, 0.5) is 0 Å². The van der Waals surface area contributed by atoms with Crippen molar-refractivity contribution in [3.8, 4) is 0 Å². The summed E-state index contributed by atoms with van der Waals surface area (Å²) in [5.74, 6) is 0.0643. The van der Waals surface area contributed by atoms with Crippen molar-refractivity contribution < 1.29 is 9.59 Å². The van der Waals surface area contributed by atoms with E-state index < -0.39 is 0 Å². The molecule has 0 unspecified atom stereocenters. The number of nitrogens with one attached hydrogen (secondary N) is 1. The van der Waals surface area contributed by atoms with E-state index in [9.17, 15) is 9.59 Å². The predicted octanol–water partition coefficient (Wildman–Crippen LogP) is -0.430. The van der Waals surface area contributed by atoms with Gasteiger partial charge in [-0.15, -0.1) is 0 Å². The molecule has 0 aromatic carbocycles. The second-order valence-electron chi connectivity index (χ2n) is 5.47. The number of piperidine rings is 1. The van der Waals surface area contributed by atoms with E-state index in [1.54, 1.807) is 4.90 Å². The molecule has 2 bridgehead atoms. The average molecular weight is 237 g/mol. The molecule has 2 amide bonds. The first-order valence-corrected chi connectivity index (χ1v) is 6.43. The zero-order valence-electron chi connectivity index (χ0n) is 10.2. The van der Waals surface area contributed by atoms with Gasteiger partial charge in [-0.3, -0.25) is 9.59 Å². The summed E-state index contributed by atoms with van der Waals surface area (Å²) in [5.41, 5.74) is 0. The second-order valence-corrected chi connectivity index (χ2v) is 5.47. The van der Waals surface area contributed by atoms with Gasteiger partial charge in [0.15, 0.2) is 0 Å². The van der Waals surface area contributed by atoms with Crippen LogP contribution in [0.15, 0.2) is 0 Å². The van der Waals surface area contributed by atoms with Crippen LogP contribution in [0.5, 0.6) is 0 Å². The number of fused-ring (bicyclic) bond motifs is 2. The van der Waals surface area contributed by atoms with Crippen LogP contribution in [0.3, 0.4) is 0 Å². The van der Waals surface area contributed by atoms with Crippen LogP contribution >= 0.6 is 0 Å². The van der Waals surface area contributed by atoms with Crippen LogP contribution < -0.4 is 5.32 Å². The third-order valence-corrected chi connectivity index (χ3v) is 4.59. The van der Waals surface area contributed by atoms with Crippen molar-refractivity contribution in [3.63, 3.8) is 0 Å². The van der Waals surface area contributed by atoms with Crippen LogP contribution in [0.2, 0.25) is 0 Å². The third kappa shape index (κ3) is 1.82. The second kappa shape index (κ2) is 3.98. The van der Waals surface area contributed by atoms with E-state index in [1.807, 2.05) is 0 Å². The molecular formula is C12H19N3O2. The Morgan fingerprint density at radius 3 is 2.41 bits per heavy atom.